The van der Waals surface area contributed by atoms with Crippen molar-refractivity contribution in [1.29, 1.82) is 0 Å². The van der Waals surface area contributed by atoms with Gasteiger partial charge in [-0.25, -0.2) is 0 Å². The Morgan fingerprint density at radius 1 is 0.769 bits per heavy atom. The molecule has 0 amide bonds. The van der Waals surface area contributed by atoms with Crippen LogP contribution in [0.5, 0.6) is 0 Å². The highest BCUT2D eigenvalue weighted by Crippen LogP contribution is 2.29. The molecule has 0 saturated heterocycles. The molecule has 0 unspecified atom stereocenters. The molecule has 1 nitrogen and oxygen atoms in total. The van der Waals surface area contributed by atoms with E-state index >= 15 is 0 Å². The van der Waals surface area contributed by atoms with Crippen molar-refractivity contribution < 1.29 is 4.74 Å². The molecular weight excluding hydrogens is 160 g/mol. The van der Waals surface area contributed by atoms with E-state index in [4.69, 9.17) is 4.74 Å². The second-order valence-electron chi connectivity index (χ2n) is 4.92. The Kier molecular flexibility index (Phi) is 3.26. The van der Waals surface area contributed by atoms with Gasteiger partial charge in [0.1, 0.15) is 0 Å². The van der Waals surface area contributed by atoms with Gasteiger partial charge in [0, 0.05) is 0 Å². The van der Waals surface area contributed by atoms with Crippen molar-refractivity contribution in [2.45, 2.75) is 70.5 Å². The molecule has 0 atom stereocenters. The summed E-state index contributed by atoms with van der Waals surface area (Å²) < 4.78 is 6.10. The van der Waals surface area contributed by atoms with Gasteiger partial charge in [0.15, 0.2) is 0 Å². The lowest BCUT2D eigenvalue weighted by atomic mass is 9.89. The van der Waals surface area contributed by atoms with Crippen molar-refractivity contribution in [2.75, 3.05) is 0 Å². The van der Waals surface area contributed by atoms with E-state index in [-0.39, 0.29) is 0 Å². The highest BCUT2D eigenvalue weighted by atomic mass is 16.5. The summed E-state index contributed by atoms with van der Waals surface area (Å²) in [5.74, 6) is 0.948. The van der Waals surface area contributed by atoms with Crippen molar-refractivity contribution in [1.82, 2.24) is 0 Å². The molecule has 0 N–H and O–H groups in total. The zero-order chi connectivity index (χ0) is 9.10. The van der Waals surface area contributed by atoms with E-state index in [1.165, 1.54) is 51.4 Å². The van der Waals surface area contributed by atoms with Gasteiger partial charge < -0.3 is 4.74 Å². The normalized spacial score (nSPS) is 36.7. The molecule has 0 radical (unpaired) electrons. The Morgan fingerprint density at radius 3 is 1.92 bits per heavy atom. The number of ether oxygens (including phenoxy) is 1. The Balaban J connectivity index is 1.69. The molecular formula is C12H22O. The Morgan fingerprint density at radius 2 is 1.31 bits per heavy atom. The predicted molar refractivity (Wildman–Crippen MR) is 54.8 cm³/mol. The molecule has 0 aromatic rings. The van der Waals surface area contributed by atoms with Gasteiger partial charge in [-0.1, -0.05) is 19.8 Å². The fraction of sp³-hybridized carbons (Fsp3) is 1.00. The molecule has 13 heavy (non-hydrogen) atoms. The second kappa shape index (κ2) is 4.45. The summed E-state index contributed by atoms with van der Waals surface area (Å²) in [7, 11) is 0. The quantitative estimate of drug-likeness (QED) is 0.635. The van der Waals surface area contributed by atoms with Gasteiger partial charge in [-0.3, -0.25) is 0 Å². The molecule has 2 saturated carbocycles. The van der Waals surface area contributed by atoms with Gasteiger partial charge in [0.2, 0.25) is 0 Å². The fourth-order valence-electron chi connectivity index (χ4n) is 2.66. The molecule has 2 fully saturated rings. The van der Waals surface area contributed by atoms with Gasteiger partial charge in [-0.05, 0) is 44.4 Å². The van der Waals surface area contributed by atoms with Gasteiger partial charge in [-0.2, -0.15) is 0 Å². The van der Waals surface area contributed by atoms with Crippen LogP contribution in [0.15, 0.2) is 0 Å². The second-order valence-corrected chi connectivity index (χ2v) is 4.92. The smallest absolute Gasteiger partial charge is 0.0579 e. The third-order valence-electron chi connectivity index (χ3n) is 3.65. The first kappa shape index (κ1) is 9.51. The average Bonchev–Trinajstić information content (AvgIpc) is 2.62. The van der Waals surface area contributed by atoms with Gasteiger partial charge >= 0.3 is 0 Å². The summed E-state index contributed by atoms with van der Waals surface area (Å²) in [6, 6.07) is 0. The molecule has 0 aliphatic heterocycles. The highest BCUT2D eigenvalue weighted by Gasteiger charge is 2.23. The van der Waals surface area contributed by atoms with E-state index in [2.05, 4.69) is 6.92 Å². The van der Waals surface area contributed by atoms with E-state index in [9.17, 15) is 0 Å². The summed E-state index contributed by atoms with van der Waals surface area (Å²) in [5.41, 5.74) is 0. The Labute approximate surface area is 81.9 Å². The van der Waals surface area contributed by atoms with E-state index < -0.39 is 0 Å². The van der Waals surface area contributed by atoms with Gasteiger partial charge in [0.05, 0.1) is 12.2 Å². The van der Waals surface area contributed by atoms with Crippen molar-refractivity contribution in [3.05, 3.63) is 0 Å². The average molecular weight is 182 g/mol. The van der Waals surface area contributed by atoms with Crippen LogP contribution in [-0.4, -0.2) is 12.2 Å². The largest absolute Gasteiger partial charge is 0.375 e. The van der Waals surface area contributed by atoms with Crippen molar-refractivity contribution in [3.63, 3.8) is 0 Å². The Hall–Kier alpha value is -0.0400. The molecule has 2 aliphatic carbocycles. The third-order valence-corrected chi connectivity index (χ3v) is 3.65. The topological polar surface area (TPSA) is 9.23 Å². The molecule has 0 spiro atoms. The molecule has 0 bridgehead atoms. The van der Waals surface area contributed by atoms with Crippen LogP contribution in [0, 0.1) is 5.92 Å². The lowest BCUT2D eigenvalue weighted by Gasteiger charge is -2.28. The van der Waals surface area contributed by atoms with Crippen molar-refractivity contribution in [3.8, 4) is 0 Å². The SMILES string of the molecule is CC1CCC(OC2CCCC2)CC1. The maximum atomic E-state index is 6.10. The minimum Gasteiger partial charge on any atom is -0.375 e. The maximum Gasteiger partial charge on any atom is 0.0579 e. The summed E-state index contributed by atoms with van der Waals surface area (Å²) in [6.07, 6.45) is 12.1. The summed E-state index contributed by atoms with van der Waals surface area (Å²) >= 11 is 0. The predicted octanol–water partition coefficient (Wildman–Crippen LogP) is 3.52. The third kappa shape index (κ3) is 2.70. The van der Waals surface area contributed by atoms with Crippen LogP contribution in [0.3, 0.4) is 0 Å². The summed E-state index contributed by atoms with van der Waals surface area (Å²) in [5, 5.41) is 0. The fourth-order valence-corrected chi connectivity index (χ4v) is 2.66. The Bertz CT molecular complexity index is 141. The van der Waals surface area contributed by atoms with Crippen LogP contribution in [-0.2, 0) is 4.74 Å². The highest BCUT2D eigenvalue weighted by molar-refractivity contribution is 4.74. The summed E-state index contributed by atoms with van der Waals surface area (Å²) in [6.45, 7) is 2.37. The molecule has 2 rings (SSSR count). The molecule has 2 aliphatic rings. The lowest BCUT2D eigenvalue weighted by Crippen LogP contribution is -2.24. The molecule has 1 heteroatoms. The summed E-state index contributed by atoms with van der Waals surface area (Å²) in [4.78, 5) is 0. The molecule has 0 aromatic carbocycles. The first-order valence-electron chi connectivity index (χ1n) is 6.00. The molecule has 0 heterocycles. The van der Waals surface area contributed by atoms with E-state index in [0.717, 1.165) is 5.92 Å². The van der Waals surface area contributed by atoms with Gasteiger partial charge in [-0.15, -0.1) is 0 Å². The zero-order valence-corrected chi connectivity index (χ0v) is 8.80. The maximum absolute atomic E-state index is 6.10. The van der Waals surface area contributed by atoms with Crippen LogP contribution in [0.4, 0.5) is 0 Å². The van der Waals surface area contributed by atoms with E-state index in [1.54, 1.807) is 0 Å². The standard InChI is InChI=1S/C12H22O/c1-10-6-8-12(9-7-10)13-11-4-2-3-5-11/h10-12H,2-9H2,1H3. The van der Waals surface area contributed by atoms with Crippen LogP contribution in [0.2, 0.25) is 0 Å². The lowest BCUT2D eigenvalue weighted by molar-refractivity contribution is -0.0316. The van der Waals surface area contributed by atoms with Crippen LogP contribution in [0.25, 0.3) is 0 Å². The van der Waals surface area contributed by atoms with Gasteiger partial charge in [0.25, 0.3) is 0 Å². The number of hydrogen-bond donors (Lipinski definition) is 0. The molecule has 76 valence electrons. The number of rotatable bonds is 2. The zero-order valence-electron chi connectivity index (χ0n) is 8.80. The minimum atomic E-state index is 0.610. The first-order chi connectivity index (χ1) is 6.34. The first-order valence-corrected chi connectivity index (χ1v) is 6.00. The van der Waals surface area contributed by atoms with E-state index in [1.807, 2.05) is 0 Å². The van der Waals surface area contributed by atoms with Crippen LogP contribution < -0.4 is 0 Å². The monoisotopic (exact) mass is 182 g/mol. The van der Waals surface area contributed by atoms with Crippen LogP contribution in [0.1, 0.15) is 58.3 Å². The van der Waals surface area contributed by atoms with Crippen molar-refractivity contribution in [2.24, 2.45) is 5.92 Å². The number of hydrogen-bond acceptors (Lipinski definition) is 1. The minimum absolute atomic E-state index is 0.610. The molecule has 0 aromatic heterocycles. The van der Waals surface area contributed by atoms with Crippen LogP contribution >= 0.6 is 0 Å². The van der Waals surface area contributed by atoms with E-state index in [0.29, 0.717) is 12.2 Å². The van der Waals surface area contributed by atoms with Crippen molar-refractivity contribution >= 4 is 0 Å².